The molecule has 1 aliphatic carbocycles. The molecular weight excluding hydrogens is 591 g/mol. The lowest BCUT2D eigenvalue weighted by Gasteiger charge is -2.21. The van der Waals surface area contributed by atoms with Crippen molar-refractivity contribution in [1.29, 1.82) is 0 Å². The molecule has 0 radical (unpaired) electrons. The van der Waals surface area contributed by atoms with Crippen LogP contribution in [0.1, 0.15) is 18.5 Å². The zero-order valence-electron chi connectivity index (χ0n) is 25.9. The van der Waals surface area contributed by atoms with Gasteiger partial charge in [-0.1, -0.05) is 128 Å². The van der Waals surface area contributed by atoms with Crippen LogP contribution < -0.4 is 0 Å². The van der Waals surface area contributed by atoms with Crippen LogP contribution in [0.2, 0.25) is 0 Å². The van der Waals surface area contributed by atoms with E-state index < -0.39 is 0 Å². The van der Waals surface area contributed by atoms with Gasteiger partial charge in [0.15, 0.2) is 5.82 Å². The molecule has 0 N–H and O–H groups in total. The number of hydrogen-bond donors (Lipinski definition) is 0. The molecule has 7 aromatic rings. The standard InChI is InChI=1S/C43H31N3S/c1-28-13-5-6-16-32(28)37-27-36(29-14-3-2-4-15-29)44-43(45-37)30-23-25-31(26-24-30)46-38-20-10-7-17-33(38)41-34-18-8-11-21-39(34)47-40-22-12-9-19-35(40)42(41)46/h2-28,32H,1H3. The minimum atomic E-state index is 0.200. The summed E-state index contributed by atoms with van der Waals surface area (Å²) in [4.78, 5) is 12.8. The van der Waals surface area contributed by atoms with Gasteiger partial charge < -0.3 is 4.57 Å². The third-order valence-electron chi connectivity index (χ3n) is 9.34. The maximum atomic E-state index is 5.18. The number of benzene rings is 5. The summed E-state index contributed by atoms with van der Waals surface area (Å²) in [7, 11) is 0. The molecule has 3 nitrogen and oxygen atoms in total. The summed E-state index contributed by atoms with van der Waals surface area (Å²) < 4.78 is 2.43. The minimum Gasteiger partial charge on any atom is -0.309 e. The normalized spacial score (nSPS) is 16.4. The molecule has 0 spiro atoms. The molecule has 4 heteroatoms. The van der Waals surface area contributed by atoms with Crippen LogP contribution in [0.3, 0.4) is 0 Å². The van der Waals surface area contributed by atoms with Gasteiger partial charge in [-0.05, 0) is 60.0 Å². The second kappa shape index (κ2) is 11.4. The van der Waals surface area contributed by atoms with E-state index in [2.05, 4.69) is 163 Å². The molecule has 0 fully saturated rings. The SMILES string of the molecule is CC1C=CC=CC1c1cc(-c2ccccc2)nc(-c2ccc(-n3c4c(c5ccccc53)-c3ccccc3Sc3ccccc3-4)cc2)n1. The van der Waals surface area contributed by atoms with Gasteiger partial charge in [-0.2, -0.15) is 0 Å². The van der Waals surface area contributed by atoms with Gasteiger partial charge in [0.05, 0.1) is 22.6 Å². The third-order valence-corrected chi connectivity index (χ3v) is 10.5. The molecule has 2 unspecified atom stereocenters. The maximum absolute atomic E-state index is 5.18. The molecular formula is C43H31N3S. The molecule has 9 rings (SSSR count). The van der Waals surface area contributed by atoms with Gasteiger partial charge in [0, 0.05) is 49.0 Å². The summed E-state index contributed by atoms with van der Waals surface area (Å²) in [6.07, 6.45) is 8.76. The van der Waals surface area contributed by atoms with E-state index in [1.54, 1.807) is 0 Å². The van der Waals surface area contributed by atoms with Crippen molar-refractivity contribution in [3.63, 3.8) is 0 Å². The molecule has 0 saturated carbocycles. The second-order valence-electron chi connectivity index (χ2n) is 12.2. The van der Waals surface area contributed by atoms with E-state index in [0.29, 0.717) is 5.92 Å². The van der Waals surface area contributed by atoms with E-state index in [1.807, 2.05) is 17.8 Å². The highest BCUT2D eigenvalue weighted by Crippen LogP contribution is 2.52. The van der Waals surface area contributed by atoms with Gasteiger partial charge in [-0.25, -0.2) is 9.97 Å². The highest BCUT2D eigenvalue weighted by molar-refractivity contribution is 7.99. The first-order chi connectivity index (χ1) is 23.2. The third kappa shape index (κ3) is 4.76. The summed E-state index contributed by atoms with van der Waals surface area (Å²) >= 11 is 1.85. The molecule has 224 valence electrons. The van der Waals surface area contributed by atoms with E-state index in [1.165, 1.54) is 43.1 Å². The molecule has 2 atom stereocenters. The number of nitrogens with zero attached hydrogens (tertiary/aromatic N) is 3. The summed E-state index contributed by atoms with van der Waals surface area (Å²) in [5.41, 5.74) is 11.4. The van der Waals surface area contributed by atoms with Crippen molar-refractivity contribution in [2.45, 2.75) is 22.6 Å². The molecule has 5 aromatic carbocycles. The average molecular weight is 622 g/mol. The van der Waals surface area contributed by atoms with Crippen molar-refractivity contribution in [3.8, 4) is 50.7 Å². The molecule has 0 saturated heterocycles. The molecule has 1 aliphatic heterocycles. The summed E-state index contributed by atoms with van der Waals surface area (Å²) in [5.74, 6) is 1.30. The predicted octanol–water partition coefficient (Wildman–Crippen LogP) is 11.4. The monoisotopic (exact) mass is 621 g/mol. The lowest BCUT2D eigenvalue weighted by Crippen LogP contribution is -2.11. The zero-order valence-corrected chi connectivity index (χ0v) is 26.7. The van der Waals surface area contributed by atoms with Crippen molar-refractivity contribution >= 4 is 22.7 Å². The van der Waals surface area contributed by atoms with Crippen LogP contribution in [0.25, 0.3) is 61.6 Å². The molecule has 47 heavy (non-hydrogen) atoms. The Kier molecular flexibility index (Phi) is 6.76. The van der Waals surface area contributed by atoms with Gasteiger partial charge in [0.1, 0.15) is 0 Å². The van der Waals surface area contributed by atoms with Crippen LogP contribution in [0.15, 0.2) is 168 Å². The predicted molar refractivity (Wildman–Crippen MR) is 195 cm³/mol. The Balaban J connectivity index is 1.22. The Bertz CT molecular complexity index is 2350. The van der Waals surface area contributed by atoms with Crippen LogP contribution in [0.4, 0.5) is 0 Å². The molecule has 2 aromatic heterocycles. The topological polar surface area (TPSA) is 30.7 Å². The molecule has 3 heterocycles. The number of aromatic nitrogens is 3. The van der Waals surface area contributed by atoms with Crippen molar-refractivity contribution in [2.24, 2.45) is 5.92 Å². The summed E-state index contributed by atoms with van der Waals surface area (Å²) in [5, 5.41) is 1.25. The molecule has 0 bridgehead atoms. The van der Waals surface area contributed by atoms with Gasteiger partial charge >= 0.3 is 0 Å². The Morgan fingerprint density at radius 2 is 1.30 bits per heavy atom. The fourth-order valence-electron chi connectivity index (χ4n) is 7.04. The first-order valence-electron chi connectivity index (χ1n) is 16.1. The van der Waals surface area contributed by atoms with Crippen LogP contribution in [-0.2, 0) is 0 Å². The van der Waals surface area contributed by atoms with E-state index >= 15 is 0 Å². The fourth-order valence-corrected chi connectivity index (χ4v) is 8.12. The quantitative estimate of drug-likeness (QED) is 0.196. The Morgan fingerprint density at radius 3 is 2.11 bits per heavy atom. The van der Waals surface area contributed by atoms with Crippen LogP contribution >= 0.6 is 11.8 Å². The van der Waals surface area contributed by atoms with Crippen LogP contribution in [0, 0.1) is 5.92 Å². The first kappa shape index (κ1) is 27.8. The minimum absolute atomic E-state index is 0.200. The summed E-state index contributed by atoms with van der Waals surface area (Å²) in [6, 6.07) is 47.7. The number of allylic oxidation sites excluding steroid dienone is 4. The second-order valence-corrected chi connectivity index (χ2v) is 13.3. The smallest absolute Gasteiger partial charge is 0.160 e. The number of hydrogen-bond acceptors (Lipinski definition) is 3. The van der Waals surface area contributed by atoms with E-state index in [-0.39, 0.29) is 5.92 Å². The fraction of sp³-hybridized carbons (Fsp3) is 0.0698. The van der Waals surface area contributed by atoms with Crippen molar-refractivity contribution < 1.29 is 0 Å². The number of para-hydroxylation sites is 1. The summed E-state index contributed by atoms with van der Waals surface area (Å²) in [6.45, 7) is 2.25. The van der Waals surface area contributed by atoms with E-state index in [0.717, 1.165) is 34.0 Å². The van der Waals surface area contributed by atoms with Crippen molar-refractivity contribution in [2.75, 3.05) is 0 Å². The van der Waals surface area contributed by atoms with Gasteiger partial charge in [0.2, 0.25) is 0 Å². The van der Waals surface area contributed by atoms with Crippen LogP contribution in [-0.4, -0.2) is 14.5 Å². The first-order valence-corrected chi connectivity index (χ1v) is 16.9. The largest absolute Gasteiger partial charge is 0.309 e. The molecule has 2 aliphatic rings. The molecule has 0 amide bonds. The van der Waals surface area contributed by atoms with Crippen LogP contribution in [0.5, 0.6) is 0 Å². The Morgan fingerprint density at radius 1 is 0.617 bits per heavy atom. The van der Waals surface area contributed by atoms with Crippen molar-refractivity contribution in [3.05, 3.63) is 163 Å². The van der Waals surface area contributed by atoms with Gasteiger partial charge in [-0.15, -0.1) is 0 Å². The van der Waals surface area contributed by atoms with Gasteiger partial charge in [0.25, 0.3) is 0 Å². The lowest BCUT2D eigenvalue weighted by molar-refractivity contribution is 0.619. The highest BCUT2D eigenvalue weighted by atomic mass is 32.2. The Labute approximate surface area is 279 Å². The number of rotatable bonds is 4. The zero-order chi connectivity index (χ0) is 31.3. The lowest BCUT2D eigenvalue weighted by atomic mass is 9.86. The van der Waals surface area contributed by atoms with Gasteiger partial charge in [-0.3, -0.25) is 0 Å². The Hall–Kier alpha value is -5.45. The number of fused-ring (bicyclic) bond motifs is 7. The van der Waals surface area contributed by atoms with E-state index in [4.69, 9.17) is 9.97 Å². The maximum Gasteiger partial charge on any atom is 0.160 e. The average Bonchev–Trinajstić information content (AvgIpc) is 3.39. The highest BCUT2D eigenvalue weighted by Gasteiger charge is 2.27. The van der Waals surface area contributed by atoms with Crippen molar-refractivity contribution in [1.82, 2.24) is 14.5 Å². The van der Waals surface area contributed by atoms with E-state index in [9.17, 15) is 0 Å².